The van der Waals surface area contributed by atoms with Crippen LogP contribution < -0.4 is 5.32 Å². The van der Waals surface area contributed by atoms with Crippen LogP contribution in [0.2, 0.25) is 0 Å². The Labute approximate surface area is 112 Å². The fourth-order valence-electron chi connectivity index (χ4n) is 2.00. The third-order valence-corrected chi connectivity index (χ3v) is 3.25. The predicted molar refractivity (Wildman–Crippen MR) is 70.5 cm³/mol. The molecule has 1 aromatic rings. The van der Waals surface area contributed by atoms with Crippen LogP contribution in [0.25, 0.3) is 0 Å². The summed E-state index contributed by atoms with van der Waals surface area (Å²) in [4.78, 5) is 32.8. The van der Waals surface area contributed by atoms with Crippen molar-refractivity contribution in [2.45, 2.75) is 38.6 Å². The zero-order valence-corrected chi connectivity index (χ0v) is 11.4. The van der Waals surface area contributed by atoms with Gasteiger partial charge in [-0.15, -0.1) is 0 Å². The number of aromatic nitrogens is 2. The van der Waals surface area contributed by atoms with E-state index >= 15 is 0 Å². The van der Waals surface area contributed by atoms with Gasteiger partial charge in [-0.1, -0.05) is 13.8 Å². The Morgan fingerprint density at radius 1 is 1.37 bits per heavy atom. The summed E-state index contributed by atoms with van der Waals surface area (Å²) in [5, 5.41) is 3.08. The molecule has 2 heterocycles. The van der Waals surface area contributed by atoms with Crippen LogP contribution in [0.15, 0.2) is 12.4 Å². The highest BCUT2D eigenvalue weighted by Gasteiger charge is 2.31. The molecule has 1 unspecified atom stereocenters. The monoisotopic (exact) mass is 262 g/mol. The first-order chi connectivity index (χ1) is 8.99. The number of nitrogens with one attached hydrogen (secondary N) is 1. The summed E-state index contributed by atoms with van der Waals surface area (Å²) in [6.07, 6.45) is 2.37. The van der Waals surface area contributed by atoms with Crippen molar-refractivity contribution in [3.63, 3.8) is 0 Å². The molecule has 1 atom stereocenters. The van der Waals surface area contributed by atoms with Gasteiger partial charge in [0.2, 0.25) is 5.91 Å². The van der Waals surface area contributed by atoms with E-state index in [9.17, 15) is 9.59 Å². The van der Waals surface area contributed by atoms with Crippen LogP contribution in [0.3, 0.4) is 0 Å². The standard InChI is InChI=1S/C13H18N4O2/c1-8(2)10-6-11(15-7-14-10)16-9-4-5-12(18)17(3)13(9)19/h6-9H,4-5H2,1-3H3,(H,14,15,16). The molecule has 2 rings (SSSR count). The Morgan fingerprint density at radius 3 is 2.79 bits per heavy atom. The quantitative estimate of drug-likeness (QED) is 0.827. The lowest BCUT2D eigenvalue weighted by atomic mass is 10.0. The minimum atomic E-state index is -0.391. The molecule has 0 spiro atoms. The summed E-state index contributed by atoms with van der Waals surface area (Å²) in [5.41, 5.74) is 0.921. The van der Waals surface area contributed by atoms with Gasteiger partial charge in [0, 0.05) is 25.2 Å². The van der Waals surface area contributed by atoms with Crippen molar-refractivity contribution in [1.82, 2.24) is 14.9 Å². The van der Waals surface area contributed by atoms with Gasteiger partial charge >= 0.3 is 0 Å². The molecule has 0 aromatic carbocycles. The topological polar surface area (TPSA) is 75.2 Å². The molecule has 1 aliphatic heterocycles. The highest BCUT2D eigenvalue weighted by molar-refractivity contribution is 6.01. The molecular weight excluding hydrogens is 244 g/mol. The van der Waals surface area contributed by atoms with Crippen LogP contribution in [0, 0.1) is 0 Å². The van der Waals surface area contributed by atoms with Gasteiger partial charge in [-0.3, -0.25) is 14.5 Å². The molecule has 1 aliphatic rings. The van der Waals surface area contributed by atoms with E-state index in [1.807, 2.05) is 19.9 Å². The van der Waals surface area contributed by atoms with Crippen LogP contribution in [-0.2, 0) is 9.59 Å². The number of hydrogen-bond acceptors (Lipinski definition) is 5. The molecule has 6 heteroatoms. The fourth-order valence-corrected chi connectivity index (χ4v) is 2.00. The molecule has 102 valence electrons. The first-order valence-electron chi connectivity index (χ1n) is 6.38. The number of likely N-dealkylation sites (tertiary alicyclic amines) is 1. The number of piperidine rings is 1. The number of rotatable bonds is 3. The number of anilines is 1. The second kappa shape index (κ2) is 5.34. The zero-order chi connectivity index (χ0) is 14.0. The molecule has 2 amide bonds. The van der Waals surface area contributed by atoms with E-state index in [1.165, 1.54) is 18.3 Å². The second-order valence-electron chi connectivity index (χ2n) is 5.01. The molecular formula is C13H18N4O2. The molecule has 0 radical (unpaired) electrons. The lowest BCUT2D eigenvalue weighted by molar-refractivity contribution is -0.146. The summed E-state index contributed by atoms with van der Waals surface area (Å²) in [5.74, 6) is 0.587. The Bertz CT molecular complexity index is 501. The minimum absolute atomic E-state index is 0.131. The summed E-state index contributed by atoms with van der Waals surface area (Å²) in [7, 11) is 1.51. The van der Waals surface area contributed by atoms with Gasteiger partial charge in [-0.05, 0) is 12.3 Å². The van der Waals surface area contributed by atoms with E-state index in [2.05, 4.69) is 15.3 Å². The summed E-state index contributed by atoms with van der Waals surface area (Å²) in [6.45, 7) is 4.09. The molecule has 19 heavy (non-hydrogen) atoms. The average Bonchev–Trinajstić information content (AvgIpc) is 2.40. The van der Waals surface area contributed by atoms with Crippen molar-refractivity contribution < 1.29 is 9.59 Å². The van der Waals surface area contributed by atoms with Gasteiger partial charge in [0.05, 0.1) is 0 Å². The van der Waals surface area contributed by atoms with Gasteiger partial charge in [-0.25, -0.2) is 9.97 Å². The minimum Gasteiger partial charge on any atom is -0.358 e. The maximum absolute atomic E-state index is 12.0. The molecule has 0 aliphatic carbocycles. The Morgan fingerprint density at radius 2 is 2.11 bits per heavy atom. The largest absolute Gasteiger partial charge is 0.358 e. The van der Waals surface area contributed by atoms with Crippen molar-refractivity contribution >= 4 is 17.6 Å². The van der Waals surface area contributed by atoms with Crippen molar-refractivity contribution in [3.8, 4) is 0 Å². The van der Waals surface area contributed by atoms with E-state index in [0.29, 0.717) is 24.6 Å². The number of likely N-dealkylation sites (N-methyl/N-ethyl adjacent to an activating group) is 1. The van der Waals surface area contributed by atoms with Crippen LogP contribution in [-0.4, -0.2) is 39.8 Å². The number of amides is 2. The van der Waals surface area contributed by atoms with E-state index in [4.69, 9.17) is 0 Å². The third-order valence-electron chi connectivity index (χ3n) is 3.25. The SMILES string of the molecule is CC(C)c1cc(NC2CCC(=O)N(C)C2=O)ncn1. The summed E-state index contributed by atoms with van der Waals surface area (Å²) >= 11 is 0. The van der Waals surface area contributed by atoms with E-state index in [1.54, 1.807) is 0 Å². The maximum Gasteiger partial charge on any atom is 0.251 e. The Kier molecular flexibility index (Phi) is 3.78. The molecule has 1 aromatic heterocycles. The van der Waals surface area contributed by atoms with Crippen LogP contribution >= 0.6 is 0 Å². The molecule has 1 N–H and O–H groups in total. The number of carbonyl (C=O) groups is 2. The highest BCUT2D eigenvalue weighted by atomic mass is 16.2. The maximum atomic E-state index is 12.0. The third kappa shape index (κ3) is 2.89. The van der Waals surface area contributed by atoms with Crippen molar-refractivity contribution in [2.24, 2.45) is 0 Å². The highest BCUT2D eigenvalue weighted by Crippen LogP contribution is 2.18. The van der Waals surface area contributed by atoms with Crippen molar-refractivity contribution in [2.75, 3.05) is 12.4 Å². The number of hydrogen-bond donors (Lipinski definition) is 1. The lowest BCUT2D eigenvalue weighted by Crippen LogP contribution is -2.48. The summed E-state index contributed by atoms with van der Waals surface area (Å²) in [6, 6.07) is 1.45. The van der Waals surface area contributed by atoms with Gasteiger partial charge in [-0.2, -0.15) is 0 Å². The predicted octanol–water partition coefficient (Wildman–Crippen LogP) is 1.16. The van der Waals surface area contributed by atoms with Gasteiger partial charge < -0.3 is 5.32 Å². The smallest absolute Gasteiger partial charge is 0.251 e. The lowest BCUT2D eigenvalue weighted by Gasteiger charge is -2.28. The fraction of sp³-hybridized carbons (Fsp3) is 0.538. The molecule has 1 fully saturated rings. The van der Waals surface area contributed by atoms with Crippen molar-refractivity contribution in [3.05, 3.63) is 18.1 Å². The van der Waals surface area contributed by atoms with Gasteiger partial charge in [0.25, 0.3) is 5.91 Å². The summed E-state index contributed by atoms with van der Waals surface area (Å²) < 4.78 is 0. The zero-order valence-electron chi connectivity index (χ0n) is 11.4. The molecule has 0 saturated carbocycles. The molecule has 0 bridgehead atoms. The number of imide groups is 1. The van der Waals surface area contributed by atoms with E-state index < -0.39 is 6.04 Å². The van der Waals surface area contributed by atoms with Crippen LogP contribution in [0.1, 0.15) is 38.3 Å². The number of nitrogens with zero attached hydrogens (tertiary/aromatic N) is 3. The van der Waals surface area contributed by atoms with Gasteiger partial charge in [0.1, 0.15) is 18.2 Å². The average molecular weight is 262 g/mol. The normalized spacial score (nSPS) is 20.0. The van der Waals surface area contributed by atoms with Crippen molar-refractivity contribution in [1.29, 1.82) is 0 Å². The molecule has 1 saturated heterocycles. The number of carbonyl (C=O) groups excluding carboxylic acids is 2. The first-order valence-corrected chi connectivity index (χ1v) is 6.38. The van der Waals surface area contributed by atoms with Crippen LogP contribution in [0.4, 0.5) is 5.82 Å². The van der Waals surface area contributed by atoms with E-state index in [-0.39, 0.29) is 11.8 Å². The van der Waals surface area contributed by atoms with E-state index in [0.717, 1.165) is 5.69 Å². The Hall–Kier alpha value is -1.98. The second-order valence-corrected chi connectivity index (χ2v) is 5.01. The molecule has 6 nitrogen and oxygen atoms in total. The Balaban J connectivity index is 2.11. The van der Waals surface area contributed by atoms with Gasteiger partial charge in [0.15, 0.2) is 0 Å². The first kappa shape index (κ1) is 13.5. The van der Waals surface area contributed by atoms with Crippen LogP contribution in [0.5, 0.6) is 0 Å².